The Morgan fingerprint density at radius 2 is 1.94 bits per heavy atom. The second kappa shape index (κ2) is 9.43. The monoisotopic (exact) mass is 468 g/mol. The summed E-state index contributed by atoms with van der Waals surface area (Å²) < 4.78 is 7.18. The first kappa shape index (κ1) is 21.9. The van der Waals surface area contributed by atoms with Crippen molar-refractivity contribution >= 4 is 40.8 Å². The van der Waals surface area contributed by atoms with Crippen molar-refractivity contribution in [1.29, 1.82) is 5.26 Å². The van der Waals surface area contributed by atoms with Gasteiger partial charge in [0.1, 0.15) is 28.6 Å². The summed E-state index contributed by atoms with van der Waals surface area (Å²) in [5, 5.41) is 10.3. The summed E-state index contributed by atoms with van der Waals surface area (Å²) >= 11 is 12.2. The summed E-state index contributed by atoms with van der Waals surface area (Å²) in [5.74, 6) is -0.247. The van der Waals surface area contributed by atoms with Crippen molar-refractivity contribution in [3.05, 3.63) is 74.1 Å². The third-order valence-electron chi connectivity index (χ3n) is 5.12. The molecule has 1 aromatic carbocycles. The number of ether oxygens (including phenoxy) is 1. The Bertz CT molecular complexity index is 1320. The molecule has 3 aromatic rings. The number of fused-ring (bicyclic) bond motifs is 1. The molecule has 0 spiro atoms. The largest absolute Gasteiger partial charge is 0.437 e. The molecule has 162 valence electrons. The van der Waals surface area contributed by atoms with Gasteiger partial charge < -0.3 is 9.64 Å². The molecule has 0 unspecified atom stereocenters. The summed E-state index contributed by atoms with van der Waals surface area (Å²) in [6.07, 6.45) is 5.61. The third-order valence-corrected chi connectivity index (χ3v) is 5.65. The Kier molecular flexibility index (Phi) is 6.45. The number of aromatic nitrogens is 2. The molecule has 0 aliphatic carbocycles. The molecule has 7 nitrogen and oxygen atoms in total. The number of carbonyl (C=O) groups excluding carboxylic acids is 1. The molecule has 1 aliphatic heterocycles. The van der Waals surface area contributed by atoms with E-state index >= 15 is 0 Å². The highest BCUT2D eigenvalue weighted by atomic mass is 35.5. The van der Waals surface area contributed by atoms with Gasteiger partial charge in [0.25, 0.3) is 11.5 Å². The maximum absolute atomic E-state index is 13.2. The van der Waals surface area contributed by atoms with Gasteiger partial charge in [-0.1, -0.05) is 29.3 Å². The predicted molar refractivity (Wildman–Crippen MR) is 122 cm³/mol. The van der Waals surface area contributed by atoms with Crippen LogP contribution in [0, 0.1) is 11.3 Å². The van der Waals surface area contributed by atoms with Crippen LogP contribution in [0.1, 0.15) is 24.8 Å². The van der Waals surface area contributed by atoms with E-state index in [4.69, 9.17) is 27.9 Å². The van der Waals surface area contributed by atoms with Gasteiger partial charge in [-0.3, -0.25) is 14.0 Å². The molecule has 0 radical (unpaired) electrons. The normalized spacial score (nSPS) is 14.3. The molecule has 3 heterocycles. The summed E-state index contributed by atoms with van der Waals surface area (Å²) in [6, 6.07) is 11.6. The minimum absolute atomic E-state index is 0.0263. The lowest BCUT2D eigenvalue weighted by atomic mass is 10.1. The molecular formula is C23H18Cl2N4O3. The summed E-state index contributed by atoms with van der Waals surface area (Å²) in [6.45, 7) is 1.16. The minimum Gasteiger partial charge on any atom is -0.437 e. The molecule has 1 aliphatic rings. The van der Waals surface area contributed by atoms with Crippen molar-refractivity contribution in [2.75, 3.05) is 13.1 Å². The number of nitrogens with zero attached hydrogens (tertiary/aromatic N) is 4. The van der Waals surface area contributed by atoms with Crippen LogP contribution in [0.3, 0.4) is 0 Å². The quantitative estimate of drug-likeness (QED) is 0.408. The van der Waals surface area contributed by atoms with Gasteiger partial charge in [-0.05, 0) is 55.7 Å². The summed E-state index contributed by atoms with van der Waals surface area (Å²) in [5.41, 5.74) is -0.319. The minimum atomic E-state index is -0.477. The van der Waals surface area contributed by atoms with Crippen LogP contribution in [0.4, 0.5) is 0 Å². The molecule has 0 atom stereocenters. The van der Waals surface area contributed by atoms with Crippen LogP contribution in [0.25, 0.3) is 11.7 Å². The van der Waals surface area contributed by atoms with E-state index in [1.54, 1.807) is 41.4 Å². The lowest BCUT2D eigenvalue weighted by Gasteiger charge is -2.26. The van der Waals surface area contributed by atoms with Gasteiger partial charge >= 0.3 is 0 Å². The number of halogens is 2. The lowest BCUT2D eigenvalue weighted by molar-refractivity contribution is -0.127. The van der Waals surface area contributed by atoms with E-state index in [1.165, 1.54) is 16.5 Å². The fourth-order valence-corrected chi connectivity index (χ4v) is 3.95. The second-order valence-electron chi connectivity index (χ2n) is 7.26. The van der Waals surface area contributed by atoms with Crippen molar-refractivity contribution in [2.24, 2.45) is 0 Å². The molecule has 1 fully saturated rings. The van der Waals surface area contributed by atoms with Gasteiger partial charge in [0.05, 0.1) is 5.02 Å². The number of benzene rings is 1. The van der Waals surface area contributed by atoms with Gasteiger partial charge in [-0.2, -0.15) is 10.2 Å². The summed E-state index contributed by atoms with van der Waals surface area (Å²) in [7, 11) is 0. The second-order valence-corrected chi connectivity index (χ2v) is 8.11. The highest BCUT2D eigenvalue weighted by molar-refractivity contribution is 6.35. The van der Waals surface area contributed by atoms with Crippen LogP contribution in [0.2, 0.25) is 10.0 Å². The molecule has 1 amide bonds. The van der Waals surface area contributed by atoms with E-state index in [0.29, 0.717) is 23.8 Å². The zero-order valence-electron chi connectivity index (χ0n) is 16.9. The van der Waals surface area contributed by atoms with Crippen LogP contribution in [-0.2, 0) is 4.79 Å². The Balaban J connectivity index is 1.84. The van der Waals surface area contributed by atoms with E-state index in [1.807, 2.05) is 6.07 Å². The Morgan fingerprint density at radius 3 is 2.66 bits per heavy atom. The van der Waals surface area contributed by atoms with E-state index < -0.39 is 11.5 Å². The number of pyridine rings is 1. The summed E-state index contributed by atoms with van der Waals surface area (Å²) in [4.78, 5) is 32.2. The van der Waals surface area contributed by atoms with Crippen LogP contribution in [0.15, 0.2) is 53.0 Å². The topological polar surface area (TPSA) is 87.7 Å². The van der Waals surface area contributed by atoms with Crippen LogP contribution < -0.4 is 10.3 Å². The van der Waals surface area contributed by atoms with Crippen molar-refractivity contribution in [2.45, 2.75) is 19.3 Å². The van der Waals surface area contributed by atoms with E-state index in [-0.39, 0.29) is 27.8 Å². The zero-order valence-corrected chi connectivity index (χ0v) is 18.4. The predicted octanol–water partition coefficient (Wildman–Crippen LogP) is 4.71. The van der Waals surface area contributed by atoms with Gasteiger partial charge in [0.2, 0.25) is 5.88 Å². The van der Waals surface area contributed by atoms with E-state index in [0.717, 1.165) is 19.3 Å². The molecule has 4 rings (SSSR count). The third kappa shape index (κ3) is 4.47. The maximum Gasteiger partial charge on any atom is 0.269 e. The maximum atomic E-state index is 13.2. The number of carbonyl (C=O) groups is 1. The zero-order chi connectivity index (χ0) is 22.7. The number of nitriles is 1. The average Bonchev–Trinajstić information content (AvgIpc) is 2.81. The molecule has 0 bridgehead atoms. The van der Waals surface area contributed by atoms with Gasteiger partial charge in [-0.15, -0.1) is 0 Å². The van der Waals surface area contributed by atoms with Crippen molar-refractivity contribution in [3.8, 4) is 17.7 Å². The van der Waals surface area contributed by atoms with Crippen molar-refractivity contribution in [1.82, 2.24) is 14.3 Å². The highest BCUT2D eigenvalue weighted by Gasteiger charge is 2.23. The first-order chi connectivity index (χ1) is 15.5. The average molecular weight is 469 g/mol. The fourth-order valence-electron chi connectivity index (χ4n) is 3.50. The van der Waals surface area contributed by atoms with Crippen LogP contribution >= 0.6 is 23.2 Å². The molecule has 2 aromatic heterocycles. The van der Waals surface area contributed by atoms with Gasteiger partial charge in [0.15, 0.2) is 0 Å². The molecule has 0 N–H and O–H groups in total. The lowest BCUT2D eigenvalue weighted by Crippen LogP contribution is -2.36. The first-order valence-corrected chi connectivity index (χ1v) is 10.8. The van der Waals surface area contributed by atoms with Gasteiger partial charge in [-0.25, -0.2) is 0 Å². The molecular weight excluding hydrogens is 451 g/mol. The number of likely N-dealkylation sites (tertiary alicyclic amines) is 1. The number of rotatable bonds is 4. The van der Waals surface area contributed by atoms with E-state index in [9.17, 15) is 14.9 Å². The van der Waals surface area contributed by atoms with Gasteiger partial charge in [0, 0.05) is 24.3 Å². The first-order valence-electron chi connectivity index (χ1n) is 10.0. The Labute approximate surface area is 194 Å². The number of piperidine rings is 1. The number of hydrogen-bond donors (Lipinski definition) is 0. The van der Waals surface area contributed by atoms with Crippen molar-refractivity contribution in [3.63, 3.8) is 0 Å². The van der Waals surface area contributed by atoms with E-state index in [2.05, 4.69) is 4.98 Å². The number of hydrogen-bond acceptors (Lipinski definition) is 5. The standard InChI is InChI=1S/C23H18Cl2N4O3/c24-16-7-8-19(18(25)13-16)32-21-17(23(31)29-11-5-2-6-20(29)27-21)12-15(14-26)22(30)28-9-3-1-4-10-28/h2,5-8,11-13H,1,3-4,9-10H2. The Morgan fingerprint density at radius 1 is 1.16 bits per heavy atom. The molecule has 1 saturated heterocycles. The SMILES string of the molecule is N#CC(=Cc1c(Oc2ccc(Cl)cc2Cl)nc2ccccn2c1=O)C(=O)N1CCCCC1. The smallest absolute Gasteiger partial charge is 0.269 e. The van der Waals surface area contributed by atoms with Crippen LogP contribution in [-0.4, -0.2) is 33.3 Å². The number of amides is 1. The molecule has 9 heteroatoms. The fraction of sp³-hybridized carbons (Fsp3) is 0.217. The van der Waals surface area contributed by atoms with Crippen LogP contribution in [0.5, 0.6) is 11.6 Å². The molecule has 0 saturated carbocycles. The van der Waals surface area contributed by atoms with Crippen molar-refractivity contribution < 1.29 is 9.53 Å². The molecule has 32 heavy (non-hydrogen) atoms. The highest BCUT2D eigenvalue weighted by Crippen LogP contribution is 2.32. The Hall–Kier alpha value is -3.34.